The zero-order chi connectivity index (χ0) is 33.0. The van der Waals surface area contributed by atoms with Gasteiger partial charge >= 0.3 is 0 Å². The molecule has 2 heterocycles. The van der Waals surface area contributed by atoms with Crippen LogP contribution in [0, 0.1) is 0 Å². The zero-order valence-corrected chi connectivity index (χ0v) is 27.3. The van der Waals surface area contributed by atoms with Crippen molar-refractivity contribution in [3.05, 3.63) is 187 Å². The molecule has 0 bridgehead atoms. The summed E-state index contributed by atoms with van der Waals surface area (Å²) in [6.07, 6.45) is 4.70. The van der Waals surface area contributed by atoms with Crippen LogP contribution in [0.5, 0.6) is 0 Å². The quantitative estimate of drug-likeness (QED) is 0.188. The van der Waals surface area contributed by atoms with Crippen LogP contribution in [0.15, 0.2) is 181 Å². The van der Waals surface area contributed by atoms with Gasteiger partial charge in [0.05, 0.1) is 0 Å². The molecule has 0 radical (unpaired) electrons. The molecule has 0 fully saturated rings. The standard InChI is InChI=1S/C48H31NO/c1-2-7-31(8-3-1)36-14-16-40-25-41-17-15-37(27-44(41)43(40)26-36)32-9-4-10-33(23-32)38-18-20-47-45(28-38)46-29-39(19-21-48(46)50-47)34-11-5-12-35(24-34)42-13-6-22-49-30-42/h1-24,26-30H,25H2. The minimum Gasteiger partial charge on any atom is -0.456 e. The predicted molar refractivity (Wildman–Crippen MR) is 207 cm³/mol. The number of fused-ring (bicyclic) bond motifs is 6. The van der Waals surface area contributed by atoms with Crippen LogP contribution in [0.1, 0.15) is 11.1 Å². The second kappa shape index (κ2) is 11.6. The van der Waals surface area contributed by atoms with Gasteiger partial charge in [-0.2, -0.15) is 0 Å². The van der Waals surface area contributed by atoms with Gasteiger partial charge in [-0.1, -0.05) is 109 Å². The third kappa shape index (κ3) is 4.93. The SMILES string of the molecule is c1ccc(-c2ccc3c(c2)-c2cc(-c4cccc(-c5ccc6oc7ccc(-c8cccc(-c9cccnc9)c8)cc7c6c5)c4)ccc2C3)cc1. The highest BCUT2D eigenvalue weighted by atomic mass is 16.3. The fraction of sp³-hybridized carbons (Fsp3) is 0.0208. The van der Waals surface area contributed by atoms with Crippen molar-refractivity contribution in [3.8, 4) is 66.8 Å². The Balaban J connectivity index is 1.00. The predicted octanol–water partition coefficient (Wildman–Crippen LogP) is 12.9. The topological polar surface area (TPSA) is 26.0 Å². The van der Waals surface area contributed by atoms with E-state index in [1.807, 2.05) is 18.5 Å². The van der Waals surface area contributed by atoms with Gasteiger partial charge in [0.1, 0.15) is 11.2 Å². The summed E-state index contributed by atoms with van der Waals surface area (Å²) in [7, 11) is 0. The van der Waals surface area contributed by atoms with Gasteiger partial charge in [0.2, 0.25) is 0 Å². The van der Waals surface area contributed by atoms with Crippen molar-refractivity contribution in [1.82, 2.24) is 4.98 Å². The molecule has 0 saturated heterocycles. The van der Waals surface area contributed by atoms with Gasteiger partial charge in [-0.3, -0.25) is 4.98 Å². The van der Waals surface area contributed by atoms with E-state index >= 15 is 0 Å². The van der Waals surface area contributed by atoms with Gasteiger partial charge < -0.3 is 4.42 Å². The van der Waals surface area contributed by atoms with Crippen molar-refractivity contribution >= 4 is 21.9 Å². The summed E-state index contributed by atoms with van der Waals surface area (Å²) in [6, 6.07) is 59.3. The smallest absolute Gasteiger partial charge is 0.135 e. The van der Waals surface area contributed by atoms with Gasteiger partial charge in [-0.05, 0) is 133 Å². The zero-order valence-electron chi connectivity index (χ0n) is 27.3. The lowest BCUT2D eigenvalue weighted by atomic mass is 9.94. The fourth-order valence-electron chi connectivity index (χ4n) is 7.58. The lowest BCUT2D eigenvalue weighted by Crippen LogP contribution is -1.85. The first-order valence-electron chi connectivity index (χ1n) is 17.1. The molecule has 7 aromatic carbocycles. The van der Waals surface area contributed by atoms with E-state index in [1.54, 1.807) is 0 Å². The summed E-state index contributed by atoms with van der Waals surface area (Å²) < 4.78 is 6.32. The second-order valence-corrected chi connectivity index (χ2v) is 13.2. The molecule has 2 aromatic heterocycles. The highest BCUT2D eigenvalue weighted by Gasteiger charge is 2.20. The van der Waals surface area contributed by atoms with E-state index in [0.717, 1.165) is 45.0 Å². The van der Waals surface area contributed by atoms with E-state index in [9.17, 15) is 0 Å². The van der Waals surface area contributed by atoms with Crippen LogP contribution in [0.4, 0.5) is 0 Å². The number of aromatic nitrogens is 1. The minimum atomic E-state index is 0.895. The number of nitrogens with zero attached hydrogens (tertiary/aromatic N) is 1. The van der Waals surface area contributed by atoms with Gasteiger partial charge in [0.25, 0.3) is 0 Å². The van der Waals surface area contributed by atoms with Crippen LogP contribution in [0.3, 0.4) is 0 Å². The monoisotopic (exact) mass is 637 g/mol. The molecule has 1 aliphatic rings. The third-order valence-electron chi connectivity index (χ3n) is 10.2. The Morgan fingerprint density at radius 1 is 0.360 bits per heavy atom. The van der Waals surface area contributed by atoms with Crippen LogP contribution in [0.25, 0.3) is 88.7 Å². The molecule has 2 nitrogen and oxygen atoms in total. The number of hydrogen-bond donors (Lipinski definition) is 0. The van der Waals surface area contributed by atoms with E-state index in [-0.39, 0.29) is 0 Å². The summed E-state index contributed by atoms with van der Waals surface area (Å²) in [5.41, 5.74) is 19.2. The number of rotatable bonds is 5. The summed E-state index contributed by atoms with van der Waals surface area (Å²) in [5, 5.41) is 2.24. The average molecular weight is 638 g/mol. The molecule has 0 unspecified atom stereocenters. The fourth-order valence-corrected chi connectivity index (χ4v) is 7.58. The summed E-state index contributed by atoms with van der Waals surface area (Å²) in [5.74, 6) is 0. The molecular formula is C48H31NO. The van der Waals surface area contributed by atoms with Crippen LogP contribution in [-0.2, 0) is 6.42 Å². The number of hydrogen-bond acceptors (Lipinski definition) is 2. The summed E-state index contributed by atoms with van der Waals surface area (Å²) >= 11 is 0. The molecule has 0 aliphatic heterocycles. The molecule has 9 aromatic rings. The molecule has 1 aliphatic carbocycles. The van der Waals surface area contributed by atoms with Crippen molar-refractivity contribution in [2.45, 2.75) is 6.42 Å². The van der Waals surface area contributed by atoms with E-state index < -0.39 is 0 Å². The molecule has 0 N–H and O–H groups in total. The van der Waals surface area contributed by atoms with Crippen LogP contribution >= 0.6 is 0 Å². The van der Waals surface area contributed by atoms with Gasteiger partial charge in [0, 0.05) is 28.7 Å². The molecule has 2 heteroatoms. The van der Waals surface area contributed by atoms with Crippen molar-refractivity contribution in [2.24, 2.45) is 0 Å². The number of benzene rings is 7. The Morgan fingerprint density at radius 3 is 1.38 bits per heavy atom. The van der Waals surface area contributed by atoms with E-state index in [2.05, 4.69) is 163 Å². The van der Waals surface area contributed by atoms with Crippen LogP contribution < -0.4 is 0 Å². The summed E-state index contributed by atoms with van der Waals surface area (Å²) in [6.45, 7) is 0. The maximum atomic E-state index is 6.32. The van der Waals surface area contributed by atoms with Crippen molar-refractivity contribution in [2.75, 3.05) is 0 Å². The molecule has 234 valence electrons. The lowest BCUT2D eigenvalue weighted by Gasteiger charge is -2.10. The van der Waals surface area contributed by atoms with E-state index in [4.69, 9.17) is 4.42 Å². The number of pyridine rings is 1. The average Bonchev–Trinajstić information content (AvgIpc) is 3.75. The first-order valence-corrected chi connectivity index (χ1v) is 17.1. The normalized spacial score (nSPS) is 11.9. The summed E-state index contributed by atoms with van der Waals surface area (Å²) in [4.78, 5) is 4.31. The Morgan fingerprint density at radius 2 is 0.820 bits per heavy atom. The molecule has 0 atom stereocenters. The largest absolute Gasteiger partial charge is 0.456 e. The lowest BCUT2D eigenvalue weighted by molar-refractivity contribution is 0.669. The second-order valence-electron chi connectivity index (χ2n) is 13.2. The van der Waals surface area contributed by atoms with E-state index in [0.29, 0.717) is 0 Å². The molecule has 0 saturated carbocycles. The first kappa shape index (κ1) is 28.5. The van der Waals surface area contributed by atoms with E-state index in [1.165, 1.54) is 61.2 Å². The first-order chi connectivity index (χ1) is 24.7. The molecular weight excluding hydrogens is 607 g/mol. The van der Waals surface area contributed by atoms with Crippen molar-refractivity contribution in [3.63, 3.8) is 0 Å². The van der Waals surface area contributed by atoms with Gasteiger partial charge in [-0.25, -0.2) is 0 Å². The van der Waals surface area contributed by atoms with Crippen LogP contribution in [-0.4, -0.2) is 4.98 Å². The maximum absolute atomic E-state index is 6.32. The Bertz CT molecular complexity index is 2720. The van der Waals surface area contributed by atoms with Gasteiger partial charge in [-0.15, -0.1) is 0 Å². The van der Waals surface area contributed by atoms with Crippen LogP contribution in [0.2, 0.25) is 0 Å². The van der Waals surface area contributed by atoms with Crippen molar-refractivity contribution < 1.29 is 4.42 Å². The Hall–Kier alpha value is -6.51. The molecule has 0 amide bonds. The third-order valence-corrected chi connectivity index (χ3v) is 10.2. The Labute approximate surface area is 291 Å². The number of furan rings is 1. The highest BCUT2D eigenvalue weighted by Crippen LogP contribution is 2.42. The van der Waals surface area contributed by atoms with Crippen molar-refractivity contribution in [1.29, 1.82) is 0 Å². The maximum Gasteiger partial charge on any atom is 0.135 e. The molecule has 10 rings (SSSR count). The minimum absolute atomic E-state index is 0.895. The molecule has 50 heavy (non-hydrogen) atoms. The highest BCUT2D eigenvalue weighted by molar-refractivity contribution is 6.07. The Kier molecular flexibility index (Phi) is 6.60. The molecule has 0 spiro atoms. The van der Waals surface area contributed by atoms with Gasteiger partial charge in [0.15, 0.2) is 0 Å².